The van der Waals surface area contributed by atoms with Gasteiger partial charge in [0.05, 0.1) is 36.4 Å². The van der Waals surface area contributed by atoms with Gasteiger partial charge in [-0.15, -0.1) is 0 Å². The molecule has 9 nitrogen and oxygen atoms in total. The molecule has 0 saturated heterocycles. The van der Waals surface area contributed by atoms with Crippen LogP contribution in [-0.4, -0.2) is 38.8 Å². The maximum Gasteiger partial charge on any atom is 0.289 e. The fourth-order valence-corrected chi connectivity index (χ4v) is 4.20. The van der Waals surface area contributed by atoms with Crippen molar-refractivity contribution in [1.29, 1.82) is 0 Å². The van der Waals surface area contributed by atoms with Gasteiger partial charge < -0.3 is 23.8 Å². The first-order valence-electron chi connectivity index (χ1n) is 9.51. The predicted molar refractivity (Wildman–Crippen MR) is 116 cm³/mol. The zero-order valence-electron chi connectivity index (χ0n) is 17.3. The molecule has 32 heavy (non-hydrogen) atoms. The van der Waals surface area contributed by atoms with Gasteiger partial charge in [-0.25, -0.2) is 9.82 Å². The van der Waals surface area contributed by atoms with E-state index >= 15 is 0 Å². The molecule has 1 N–H and O–H groups in total. The first-order chi connectivity index (χ1) is 15.5. The van der Waals surface area contributed by atoms with Crippen LogP contribution in [-0.2, 0) is 9.63 Å². The number of hydrazone groups is 1. The molecule has 2 unspecified atom stereocenters. The van der Waals surface area contributed by atoms with Gasteiger partial charge in [0.1, 0.15) is 5.82 Å². The van der Waals surface area contributed by atoms with Crippen molar-refractivity contribution in [3.63, 3.8) is 0 Å². The molecule has 0 saturated carbocycles. The van der Waals surface area contributed by atoms with Crippen LogP contribution in [0.3, 0.4) is 0 Å². The fraction of sp³-hybridized carbons (Fsp3) is 0.286. The van der Waals surface area contributed by atoms with Gasteiger partial charge in [-0.2, -0.15) is 5.10 Å². The van der Waals surface area contributed by atoms with Crippen LogP contribution in [0.1, 0.15) is 24.2 Å². The quantitative estimate of drug-likeness (QED) is 0.474. The molecular weight excluding hydrogens is 489 g/mol. The number of rotatable bonds is 6. The van der Waals surface area contributed by atoms with Gasteiger partial charge in [-0.3, -0.25) is 4.79 Å². The number of hydrogen-bond donors (Lipinski definition) is 1. The number of carbonyl (C=O) groups is 1. The highest BCUT2D eigenvalue weighted by atomic mass is 79.9. The van der Waals surface area contributed by atoms with Crippen molar-refractivity contribution < 1.29 is 33.0 Å². The Hall–Kier alpha value is -3.34. The standard InChI is InChI=1S/C21H19BrFN3O6/c1-10-15(21(27)25-24-8-11-4-6-12(23)7-5-11)26-32-16(10)13-14(22)18(29-3)20-19(17(13)28-2)30-9-31-20/h4-8,10,16H,9H2,1-3H3,(H,25,27)/b24-8+. The second kappa shape index (κ2) is 9.03. The maximum atomic E-state index is 13.0. The summed E-state index contributed by atoms with van der Waals surface area (Å²) >= 11 is 3.53. The number of oxime groups is 1. The van der Waals surface area contributed by atoms with Crippen molar-refractivity contribution in [2.75, 3.05) is 21.0 Å². The first-order valence-corrected chi connectivity index (χ1v) is 10.3. The number of hydrogen-bond acceptors (Lipinski definition) is 8. The number of fused-ring (bicyclic) bond motifs is 1. The van der Waals surface area contributed by atoms with E-state index in [2.05, 4.69) is 31.6 Å². The number of amides is 1. The molecule has 2 heterocycles. The number of carbonyl (C=O) groups excluding carboxylic acids is 1. The Kier molecular flexibility index (Phi) is 6.17. The lowest BCUT2D eigenvalue weighted by Crippen LogP contribution is -2.31. The summed E-state index contributed by atoms with van der Waals surface area (Å²) in [6.07, 6.45) is 0.739. The molecule has 0 aromatic heterocycles. The molecule has 0 spiro atoms. The van der Waals surface area contributed by atoms with E-state index in [-0.39, 0.29) is 18.3 Å². The second-order valence-corrected chi connectivity index (χ2v) is 7.69. The Morgan fingerprint density at radius 3 is 2.53 bits per heavy atom. The van der Waals surface area contributed by atoms with Gasteiger partial charge in [0, 0.05) is 0 Å². The summed E-state index contributed by atoms with van der Waals surface area (Å²) in [6.45, 7) is 1.82. The fourth-order valence-electron chi connectivity index (χ4n) is 3.45. The summed E-state index contributed by atoms with van der Waals surface area (Å²) in [7, 11) is 3.00. The topological polar surface area (TPSA) is 100.0 Å². The Balaban J connectivity index is 1.55. The number of nitrogens with zero attached hydrogens (tertiary/aromatic N) is 2. The smallest absolute Gasteiger partial charge is 0.289 e. The van der Waals surface area contributed by atoms with Crippen LogP contribution >= 0.6 is 15.9 Å². The Morgan fingerprint density at radius 2 is 1.88 bits per heavy atom. The zero-order chi connectivity index (χ0) is 22.8. The molecular formula is C21H19BrFN3O6. The molecule has 1 amide bonds. The molecule has 2 aromatic rings. The van der Waals surface area contributed by atoms with Crippen LogP contribution in [0, 0.1) is 11.7 Å². The Bertz CT molecular complexity index is 1110. The highest BCUT2D eigenvalue weighted by Gasteiger charge is 2.42. The van der Waals surface area contributed by atoms with E-state index in [1.807, 2.05) is 0 Å². The van der Waals surface area contributed by atoms with Crippen LogP contribution in [0.5, 0.6) is 23.0 Å². The van der Waals surface area contributed by atoms with Crippen LogP contribution < -0.4 is 24.4 Å². The van der Waals surface area contributed by atoms with Gasteiger partial charge >= 0.3 is 0 Å². The average Bonchev–Trinajstić information content (AvgIpc) is 3.41. The molecule has 0 radical (unpaired) electrons. The minimum Gasteiger partial charge on any atom is -0.492 e. The van der Waals surface area contributed by atoms with E-state index in [0.29, 0.717) is 38.6 Å². The summed E-state index contributed by atoms with van der Waals surface area (Å²) < 4.78 is 35.7. The van der Waals surface area contributed by atoms with E-state index in [1.54, 1.807) is 6.92 Å². The zero-order valence-corrected chi connectivity index (χ0v) is 18.9. The predicted octanol–water partition coefficient (Wildman–Crippen LogP) is 3.55. The van der Waals surface area contributed by atoms with Crippen molar-refractivity contribution in [3.8, 4) is 23.0 Å². The SMILES string of the molecule is COc1c(Br)c(C2ON=C(C(=O)N/N=C/c3ccc(F)cc3)C2C)c(OC)c2c1OCO2. The molecule has 11 heteroatoms. The van der Waals surface area contributed by atoms with E-state index in [4.69, 9.17) is 23.8 Å². The first kappa shape index (κ1) is 21.9. The molecule has 168 valence electrons. The Morgan fingerprint density at radius 1 is 1.22 bits per heavy atom. The summed E-state index contributed by atoms with van der Waals surface area (Å²) in [4.78, 5) is 18.2. The lowest BCUT2D eigenvalue weighted by Gasteiger charge is -2.21. The van der Waals surface area contributed by atoms with Gasteiger partial charge in [0.25, 0.3) is 5.91 Å². The van der Waals surface area contributed by atoms with Crippen molar-refractivity contribution in [1.82, 2.24) is 5.43 Å². The summed E-state index contributed by atoms with van der Waals surface area (Å²) in [5.74, 6) is 0.289. The highest BCUT2D eigenvalue weighted by molar-refractivity contribution is 9.10. The molecule has 0 bridgehead atoms. The average molecular weight is 508 g/mol. The minimum atomic E-state index is -0.662. The van der Waals surface area contributed by atoms with Crippen molar-refractivity contribution in [2.45, 2.75) is 13.0 Å². The van der Waals surface area contributed by atoms with Gasteiger partial charge in [-0.1, -0.05) is 24.2 Å². The second-order valence-electron chi connectivity index (χ2n) is 6.90. The van der Waals surface area contributed by atoms with Gasteiger partial charge in [0.15, 0.2) is 23.3 Å². The number of benzene rings is 2. The molecule has 0 fully saturated rings. The van der Waals surface area contributed by atoms with Crippen molar-refractivity contribution in [2.24, 2.45) is 16.2 Å². The molecule has 4 rings (SSSR count). The number of methoxy groups -OCH3 is 2. The summed E-state index contributed by atoms with van der Waals surface area (Å²) in [6, 6.07) is 5.68. The lowest BCUT2D eigenvalue weighted by molar-refractivity contribution is -0.115. The van der Waals surface area contributed by atoms with E-state index in [9.17, 15) is 9.18 Å². The number of halogens is 2. The van der Waals surface area contributed by atoms with Gasteiger partial charge in [0.2, 0.25) is 18.3 Å². The third-order valence-corrected chi connectivity index (χ3v) is 5.82. The molecule has 2 aliphatic rings. The number of nitrogens with one attached hydrogen (secondary N) is 1. The third-order valence-electron chi connectivity index (χ3n) is 5.03. The molecule has 2 atom stereocenters. The third kappa shape index (κ3) is 3.83. The maximum absolute atomic E-state index is 13.0. The van der Waals surface area contributed by atoms with Crippen LogP contribution in [0.15, 0.2) is 39.0 Å². The van der Waals surface area contributed by atoms with Crippen LogP contribution in [0.4, 0.5) is 4.39 Å². The van der Waals surface area contributed by atoms with Crippen molar-refractivity contribution in [3.05, 3.63) is 45.7 Å². The molecule has 2 aliphatic heterocycles. The van der Waals surface area contributed by atoms with E-state index < -0.39 is 17.9 Å². The Labute approximate surface area is 191 Å². The summed E-state index contributed by atoms with van der Waals surface area (Å²) in [5, 5.41) is 7.87. The number of ether oxygens (including phenoxy) is 4. The van der Waals surface area contributed by atoms with Crippen molar-refractivity contribution >= 4 is 33.8 Å². The largest absolute Gasteiger partial charge is 0.492 e. The van der Waals surface area contributed by atoms with Crippen LogP contribution in [0.25, 0.3) is 0 Å². The summed E-state index contributed by atoms with van der Waals surface area (Å²) in [5.41, 5.74) is 3.76. The minimum absolute atomic E-state index is 0.0231. The normalized spacial score (nSPS) is 19.0. The van der Waals surface area contributed by atoms with Gasteiger partial charge in [-0.05, 0) is 33.6 Å². The molecule has 0 aliphatic carbocycles. The lowest BCUT2D eigenvalue weighted by atomic mass is 9.92. The van der Waals surface area contributed by atoms with E-state index in [1.165, 1.54) is 44.7 Å². The highest BCUT2D eigenvalue weighted by Crippen LogP contribution is 2.57. The monoisotopic (exact) mass is 507 g/mol. The molecule has 2 aromatic carbocycles. The van der Waals surface area contributed by atoms with E-state index in [0.717, 1.165) is 0 Å². The van der Waals surface area contributed by atoms with Crippen LogP contribution in [0.2, 0.25) is 0 Å².